The van der Waals surface area contributed by atoms with Crippen LogP contribution in [0.25, 0.3) is 66.1 Å². The molecule has 0 aromatic heterocycles. The SMILES string of the molecule is C[Si](C)(C)c1ccc(-c2c3ccccc3c(-c3ccc4c(c3)C3(c5ccccc5-c5ccccc53)c3ccccc3-4)c3ccccc23)cc1. The van der Waals surface area contributed by atoms with Crippen LogP contribution in [-0.4, -0.2) is 8.07 Å². The number of fused-ring (bicyclic) bond motifs is 12. The van der Waals surface area contributed by atoms with Crippen LogP contribution in [0.15, 0.2) is 164 Å². The number of hydrogen-bond donors (Lipinski definition) is 0. The molecule has 0 atom stereocenters. The fraction of sp³-hybridized carbons (Fsp3) is 0.0833. The highest BCUT2D eigenvalue weighted by Crippen LogP contribution is 2.63. The number of benzene rings is 8. The van der Waals surface area contributed by atoms with Crippen molar-refractivity contribution in [2.75, 3.05) is 0 Å². The van der Waals surface area contributed by atoms with Gasteiger partial charge in [-0.3, -0.25) is 0 Å². The molecule has 0 unspecified atom stereocenters. The van der Waals surface area contributed by atoms with Gasteiger partial charge in [0.1, 0.15) is 0 Å². The molecule has 8 aromatic rings. The summed E-state index contributed by atoms with van der Waals surface area (Å²) in [5.41, 5.74) is 15.7. The Bertz CT molecular complexity index is 2510. The van der Waals surface area contributed by atoms with Gasteiger partial charge in [-0.05, 0) is 94.4 Å². The molecule has 0 amide bonds. The van der Waals surface area contributed by atoms with E-state index in [0.29, 0.717) is 0 Å². The molecular formula is C48H36Si. The van der Waals surface area contributed by atoms with E-state index < -0.39 is 8.07 Å². The highest BCUT2D eigenvalue weighted by molar-refractivity contribution is 6.88. The maximum Gasteiger partial charge on any atom is 0.0775 e. The molecular weight excluding hydrogens is 605 g/mol. The zero-order chi connectivity index (χ0) is 32.9. The first-order valence-corrected chi connectivity index (χ1v) is 20.9. The minimum atomic E-state index is -1.41. The molecule has 2 aliphatic rings. The highest BCUT2D eigenvalue weighted by Gasteiger charge is 2.51. The third kappa shape index (κ3) is 3.85. The average molecular weight is 641 g/mol. The lowest BCUT2D eigenvalue weighted by Gasteiger charge is -2.30. The molecule has 0 radical (unpaired) electrons. The number of rotatable bonds is 3. The van der Waals surface area contributed by atoms with Crippen molar-refractivity contribution < 1.29 is 0 Å². The van der Waals surface area contributed by atoms with Crippen molar-refractivity contribution in [1.82, 2.24) is 0 Å². The smallest absolute Gasteiger partial charge is 0.0656 e. The molecule has 0 bridgehead atoms. The van der Waals surface area contributed by atoms with E-state index in [9.17, 15) is 0 Å². The van der Waals surface area contributed by atoms with Crippen LogP contribution in [0, 0.1) is 0 Å². The molecule has 2 aliphatic carbocycles. The van der Waals surface area contributed by atoms with Crippen molar-refractivity contribution in [1.29, 1.82) is 0 Å². The Hall–Kier alpha value is -5.50. The van der Waals surface area contributed by atoms with Gasteiger partial charge < -0.3 is 0 Å². The van der Waals surface area contributed by atoms with Crippen LogP contribution in [0.2, 0.25) is 19.6 Å². The van der Waals surface area contributed by atoms with Crippen LogP contribution in [0.1, 0.15) is 22.3 Å². The normalized spacial score (nSPS) is 13.8. The van der Waals surface area contributed by atoms with E-state index in [1.165, 1.54) is 93.5 Å². The summed E-state index contributed by atoms with van der Waals surface area (Å²) >= 11 is 0. The lowest BCUT2D eigenvalue weighted by molar-refractivity contribution is 0.794. The van der Waals surface area contributed by atoms with Gasteiger partial charge in [-0.15, -0.1) is 0 Å². The van der Waals surface area contributed by atoms with Crippen molar-refractivity contribution in [3.8, 4) is 44.5 Å². The maximum absolute atomic E-state index is 2.53. The average Bonchev–Trinajstić information content (AvgIpc) is 3.60. The summed E-state index contributed by atoms with van der Waals surface area (Å²) in [4.78, 5) is 0. The van der Waals surface area contributed by atoms with Crippen LogP contribution in [-0.2, 0) is 5.41 Å². The van der Waals surface area contributed by atoms with Crippen molar-refractivity contribution in [2.24, 2.45) is 0 Å². The van der Waals surface area contributed by atoms with E-state index in [4.69, 9.17) is 0 Å². The van der Waals surface area contributed by atoms with Gasteiger partial charge in [0.15, 0.2) is 0 Å². The molecule has 232 valence electrons. The standard InChI is InChI=1S/C48H36Si/c1-49(2,3)33-27-24-31(25-28-33)46-38-17-4-6-19-40(38)47(41-20-7-5-18-39(41)46)32-26-29-37-36-16-10-13-23-44(36)48(45(37)30-32)42-21-11-8-14-34(42)35-15-9-12-22-43(35)48/h4-30H,1-3H3. The van der Waals surface area contributed by atoms with Crippen molar-refractivity contribution in [2.45, 2.75) is 25.1 Å². The Labute approximate surface area is 289 Å². The molecule has 0 nitrogen and oxygen atoms in total. The summed E-state index contributed by atoms with van der Waals surface area (Å²) in [5, 5.41) is 6.67. The molecule has 0 saturated carbocycles. The molecule has 0 N–H and O–H groups in total. The van der Waals surface area contributed by atoms with Crippen molar-refractivity contribution >= 4 is 34.8 Å². The number of hydrogen-bond acceptors (Lipinski definition) is 0. The van der Waals surface area contributed by atoms with Gasteiger partial charge in [-0.1, -0.05) is 183 Å². The molecule has 0 fully saturated rings. The Morgan fingerprint density at radius 3 is 1.16 bits per heavy atom. The summed E-state index contributed by atoms with van der Waals surface area (Å²) in [7, 11) is -1.41. The second-order valence-corrected chi connectivity index (χ2v) is 19.9. The molecule has 1 heteroatoms. The molecule has 0 saturated heterocycles. The first-order chi connectivity index (χ1) is 24.0. The van der Waals surface area contributed by atoms with E-state index in [1.807, 2.05) is 0 Å². The third-order valence-corrected chi connectivity index (χ3v) is 13.3. The van der Waals surface area contributed by atoms with Crippen LogP contribution in [0.4, 0.5) is 0 Å². The Morgan fingerprint density at radius 1 is 0.347 bits per heavy atom. The molecule has 49 heavy (non-hydrogen) atoms. The van der Waals surface area contributed by atoms with Crippen molar-refractivity contribution in [3.05, 3.63) is 186 Å². The van der Waals surface area contributed by atoms with Gasteiger partial charge in [0.05, 0.1) is 13.5 Å². The first-order valence-electron chi connectivity index (χ1n) is 17.4. The zero-order valence-corrected chi connectivity index (χ0v) is 29.1. The second kappa shape index (κ2) is 10.2. The molecule has 0 aliphatic heterocycles. The van der Waals surface area contributed by atoms with Gasteiger partial charge >= 0.3 is 0 Å². The molecule has 8 aromatic carbocycles. The van der Waals surface area contributed by atoms with Gasteiger partial charge in [0.2, 0.25) is 0 Å². The second-order valence-electron chi connectivity index (χ2n) is 14.8. The Morgan fingerprint density at radius 2 is 0.714 bits per heavy atom. The van der Waals surface area contributed by atoms with Gasteiger partial charge in [-0.25, -0.2) is 0 Å². The van der Waals surface area contributed by atoms with Crippen LogP contribution < -0.4 is 5.19 Å². The van der Waals surface area contributed by atoms with E-state index in [1.54, 1.807) is 0 Å². The maximum atomic E-state index is 2.53. The lowest BCUT2D eigenvalue weighted by Crippen LogP contribution is -2.37. The van der Waals surface area contributed by atoms with Crippen LogP contribution in [0.5, 0.6) is 0 Å². The van der Waals surface area contributed by atoms with Crippen molar-refractivity contribution in [3.63, 3.8) is 0 Å². The predicted octanol–water partition coefficient (Wildman–Crippen LogP) is 12.2. The highest BCUT2D eigenvalue weighted by atomic mass is 28.3. The lowest BCUT2D eigenvalue weighted by atomic mass is 9.70. The van der Waals surface area contributed by atoms with Gasteiger partial charge in [0.25, 0.3) is 0 Å². The monoisotopic (exact) mass is 640 g/mol. The molecule has 1 spiro atoms. The van der Waals surface area contributed by atoms with E-state index in [-0.39, 0.29) is 5.41 Å². The fourth-order valence-corrected chi connectivity index (χ4v) is 10.3. The molecule has 10 rings (SSSR count). The quantitative estimate of drug-likeness (QED) is 0.133. The van der Waals surface area contributed by atoms with E-state index in [0.717, 1.165) is 0 Å². The minimum absolute atomic E-state index is 0.362. The van der Waals surface area contributed by atoms with Gasteiger partial charge in [0, 0.05) is 0 Å². The summed E-state index contributed by atoms with van der Waals surface area (Å²) in [6.07, 6.45) is 0. The summed E-state index contributed by atoms with van der Waals surface area (Å²) in [6.45, 7) is 7.26. The topological polar surface area (TPSA) is 0 Å². The van der Waals surface area contributed by atoms with E-state index in [2.05, 4.69) is 183 Å². The summed E-state index contributed by atoms with van der Waals surface area (Å²) in [6, 6.07) is 62.1. The summed E-state index contributed by atoms with van der Waals surface area (Å²) in [5.74, 6) is 0. The van der Waals surface area contributed by atoms with E-state index >= 15 is 0 Å². The zero-order valence-electron chi connectivity index (χ0n) is 28.1. The minimum Gasteiger partial charge on any atom is -0.0656 e. The Balaban J connectivity index is 1.28. The molecule has 0 heterocycles. The van der Waals surface area contributed by atoms with Crippen LogP contribution >= 0.6 is 0 Å². The largest absolute Gasteiger partial charge is 0.0775 e. The predicted molar refractivity (Wildman–Crippen MR) is 212 cm³/mol. The third-order valence-electron chi connectivity index (χ3n) is 11.3. The van der Waals surface area contributed by atoms with Gasteiger partial charge in [-0.2, -0.15) is 0 Å². The first kappa shape index (κ1) is 28.5. The van der Waals surface area contributed by atoms with Crippen LogP contribution in [0.3, 0.4) is 0 Å². The summed E-state index contributed by atoms with van der Waals surface area (Å²) < 4.78 is 0. The Kier molecular flexibility index (Phi) is 5.96. The fourth-order valence-electron chi connectivity index (χ4n) is 9.14.